The molecule has 2 N–H and O–H groups in total. The molecule has 1 aromatic rings. The summed E-state index contributed by atoms with van der Waals surface area (Å²) in [6.45, 7) is 2.71. The maximum absolute atomic E-state index is 5.38. The first-order chi connectivity index (χ1) is 5.83. The Balaban J connectivity index is 2.41. The molecule has 0 aliphatic carbocycles. The van der Waals surface area contributed by atoms with Gasteiger partial charge in [0, 0.05) is 11.4 Å². The molecule has 0 atom stereocenters. The van der Waals surface area contributed by atoms with Crippen molar-refractivity contribution in [3.63, 3.8) is 0 Å². The average molecular weight is 183 g/mol. The van der Waals surface area contributed by atoms with Gasteiger partial charge in [-0.25, -0.2) is 9.97 Å². The number of hydrogen-bond acceptors (Lipinski definition) is 4. The summed E-state index contributed by atoms with van der Waals surface area (Å²) in [5.74, 6) is 1.03. The average Bonchev–Trinajstić information content (AvgIpc) is 2.05. The zero-order valence-electron chi connectivity index (χ0n) is 7.16. The van der Waals surface area contributed by atoms with E-state index in [-0.39, 0.29) is 0 Å². The summed E-state index contributed by atoms with van der Waals surface area (Å²) in [4.78, 5) is 8.14. The highest BCUT2D eigenvalue weighted by molar-refractivity contribution is 7.99. The highest BCUT2D eigenvalue weighted by atomic mass is 32.2. The molecule has 1 heterocycles. The number of aromatic nitrogens is 2. The molecule has 0 saturated carbocycles. The molecule has 66 valence electrons. The Bertz CT molecular complexity index is 239. The molecule has 0 fully saturated rings. The van der Waals surface area contributed by atoms with Gasteiger partial charge < -0.3 is 5.73 Å². The molecule has 0 radical (unpaired) electrons. The highest BCUT2D eigenvalue weighted by Gasteiger charge is 1.94. The van der Waals surface area contributed by atoms with E-state index in [0.717, 1.165) is 29.4 Å². The normalized spacial score (nSPS) is 10.2. The number of nitrogens with two attached hydrogens (primary N) is 1. The van der Waals surface area contributed by atoms with Crippen molar-refractivity contribution in [2.24, 2.45) is 5.73 Å². The summed E-state index contributed by atoms with van der Waals surface area (Å²) in [5, 5.41) is 1.04. The van der Waals surface area contributed by atoms with Crippen LogP contribution in [0.3, 0.4) is 0 Å². The molecule has 0 aliphatic rings. The third-order valence-corrected chi connectivity index (χ3v) is 2.39. The maximum Gasteiger partial charge on any atom is 0.116 e. The molecular formula is C8H13N3S. The zero-order chi connectivity index (χ0) is 8.81. The lowest BCUT2D eigenvalue weighted by atomic mass is 10.5. The van der Waals surface area contributed by atoms with Crippen LogP contribution >= 0.6 is 11.8 Å². The van der Waals surface area contributed by atoms with Gasteiger partial charge in [0.05, 0.1) is 5.03 Å². The van der Waals surface area contributed by atoms with Crippen molar-refractivity contribution >= 4 is 11.8 Å². The van der Waals surface area contributed by atoms with E-state index in [2.05, 4.69) is 9.97 Å². The lowest BCUT2D eigenvalue weighted by Gasteiger charge is -1.98. The van der Waals surface area contributed by atoms with Crippen LogP contribution in [0.2, 0.25) is 0 Å². The molecule has 0 bridgehead atoms. The summed E-state index contributed by atoms with van der Waals surface area (Å²) in [6.07, 6.45) is 2.63. The fourth-order valence-electron chi connectivity index (χ4n) is 0.769. The largest absolute Gasteiger partial charge is 0.330 e. The molecule has 0 aliphatic heterocycles. The first-order valence-electron chi connectivity index (χ1n) is 3.94. The summed E-state index contributed by atoms with van der Waals surface area (Å²) >= 11 is 1.73. The van der Waals surface area contributed by atoms with Crippen molar-refractivity contribution in [3.8, 4) is 0 Å². The molecule has 0 spiro atoms. The van der Waals surface area contributed by atoms with Gasteiger partial charge in [0.25, 0.3) is 0 Å². The van der Waals surface area contributed by atoms with Crippen molar-refractivity contribution in [2.45, 2.75) is 18.4 Å². The number of rotatable bonds is 4. The van der Waals surface area contributed by atoms with Crippen LogP contribution < -0.4 is 5.73 Å². The van der Waals surface area contributed by atoms with Crippen molar-refractivity contribution in [1.82, 2.24) is 9.97 Å². The Kier molecular flexibility index (Phi) is 4.04. The minimum atomic E-state index is 0.747. The van der Waals surface area contributed by atoms with Gasteiger partial charge in [0.1, 0.15) is 6.33 Å². The standard InChI is InChI=1S/C8H13N3S/c1-7-5-8(11-6-10-7)12-4-2-3-9/h5-6H,2-4,9H2,1H3. The SMILES string of the molecule is Cc1cc(SCCCN)ncn1. The molecule has 3 nitrogen and oxygen atoms in total. The molecule has 0 unspecified atom stereocenters. The Hall–Kier alpha value is -0.610. The van der Waals surface area contributed by atoms with E-state index in [1.54, 1.807) is 18.1 Å². The van der Waals surface area contributed by atoms with Crippen LogP contribution in [-0.2, 0) is 0 Å². The Morgan fingerprint density at radius 1 is 1.50 bits per heavy atom. The number of thioether (sulfide) groups is 1. The molecule has 1 aromatic heterocycles. The first kappa shape index (κ1) is 9.48. The second kappa shape index (κ2) is 5.11. The van der Waals surface area contributed by atoms with E-state index in [9.17, 15) is 0 Å². The van der Waals surface area contributed by atoms with Gasteiger partial charge in [-0.15, -0.1) is 11.8 Å². The Morgan fingerprint density at radius 2 is 2.33 bits per heavy atom. The maximum atomic E-state index is 5.38. The topological polar surface area (TPSA) is 51.8 Å². The van der Waals surface area contributed by atoms with Crippen molar-refractivity contribution in [1.29, 1.82) is 0 Å². The molecule has 12 heavy (non-hydrogen) atoms. The Labute approximate surface area is 76.8 Å². The van der Waals surface area contributed by atoms with Crippen LogP contribution in [0.5, 0.6) is 0 Å². The summed E-state index contributed by atoms with van der Waals surface area (Å²) in [5.41, 5.74) is 6.39. The smallest absolute Gasteiger partial charge is 0.116 e. The molecule has 0 saturated heterocycles. The van der Waals surface area contributed by atoms with E-state index < -0.39 is 0 Å². The Morgan fingerprint density at radius 3 is 3.00 bits per heavy atom. The molecule has 4 heteroatoms. The van der Waals surface area contributed by atoms with Crippen LogP contribution in [0.15, 0.2) is 17.4 Å². The monoisotopic (exact) mass is 183 g/mol. The quantitative estimate of drug-likeness (QED) is 0.433. The van der Waals surface area contributed by atoms with Gasteiger partial charge in [0.2, 0.25) is 0 Å². The molecule has 0 aromatic carbocycles. The van der Waals surface area contributed by atoms with E-state index in [1.165, 1.54) is 0 Å². The molecule has 1 rings (SSSR count). The summed E-state index contributed by atoms with van der Waals surface area (Å²) < 4.78 is 0. The van der Waals surface area contributed by atoms with E-state index in [1.807, 2.05) is 13.0 Å². The van der Waals surface area contributed by atoms with Crippen molar-refractivity contribution in [3.05, 3.63) is 18.1 Å². The van der Waals surface area contributed by atoms with Crippen LogP contribution in [0.1, 0.15) is 12.1 Å². The van der Waals surface area contributed by atoms with E-state index in [4.69, 9.17) is 5.73 Å². The van der Waals surface area contributed by atoms with E-state index in [0.29, 0.717) is 0 Å². The van der Waals surface area contributed by atoms with Crippen LogP contribution in [0, 0.1) is 6.92 Å². The van der Waals surface area contributed by atoms with Gasteiger partial charge in [-0.05, 0) is 26.0 Å². The van der Waals surface area contributed by atoms with Gasteiger partial charge in [0.15, 0.2) is 0 Å². The minimum Gasteiger partial charge on any atom is -0.330 e. The van der Waals surface area contributed by atoms with Gasteiger partial charge in [-0.2, -0.15) is 0 Å². The summed E-state index contributed by atoms with van der Waals surface area (Å²) in [6, 6.07) is 1.99. The lowest BCUT2D eigenvalue weighted by Crippen LogP contribution is -1.99. The fraction of sp³-hybridized carbons (Fsp3) is 0.500. The lowest BCUT2D eigenvalue weighted by molar-refractivity contribution is 0.937. The minimum absolute atomic E-state index is 0.747. The second-order valence-corrected chi connectivity index (χ2v) is 3.60. The van der Waals surface area contributed by atoms with Crippen LogP contribution in [0.4, 0.5) is 0 Å². The summed E-state index contributed by atoms with van der Waals surface area (Å²) in [7, 11) is 0. The van der Waals surface area contributed by atoms with E-state index >= 15 is 0 Å². The third kappa shape index (κ3) is 3.19. The second-order valence-electron chi connectivity index (χ2n) is 2.49. The third-order valence-electron chi connectivity index (χ3n) is 1.38. The number of nitrogens with zero attached hydrogens (tertiary/aromatic N) is 2. The zero-order valence-corrected chi connectivity index (χ0v) is 7.97. The van der Waals surface area contributed by atoms with Crippen molar-refractivity contribution in [2.75, 3.05) is 12.3 Å². The molecular weight excluding hydrogens is 170 g/mol. The first-order valence-corrected chi connectivity index (χ1v) is 4.93. The molecule has 0 amide bonds. The van der Waals surface area contributed by atoms with Crippen molar-refractivity contribution < 1.29 is 0 Å². The fourth-order valence-corrected chi connectivity index (χ4v) is 1.66. The number of hydrogen-bond donors (Lipinski definition) is 1. The number of aryl methyl sites for hydroxylation is 1. The van der Waals surface area contributed by atoms with Crippen LogP contribution in [0.25, 0.3) is 0 Å². The highest BCUT2D eigenvalue weighted by Crippen LogP contribution is 2.14. The van der Waals surface area contributed by atoms with Gasteiger partial charge in [-0.3, -0.25) is 0 Å². The van der Waals surface area contributed by atoms with Gasteiger partial charge >= 0.3 is 0 Å². The predicted molar refractivity (Wildman–Crippen MR) is 51.2 cm³/mol. The van der Waals surface area contributed by atoms with Gasteiger partial charge in [-0.1, -0.05) is 0 Å². The van der Waals surface area contributed by atoms with Crippen LogP contribution in [-0.4, -0.2) is 22.3 Å². The predicted octanol–water partition coefficient (Wildman–Crippen LogP) is 1.23.